The second-order valence-electron chi connectivity index (χ2n) is 23.1. The van der Waals surface area contributed by atoms with E-state index in [0.717, 1.165) is 70.6 Å². The molecule has 0 heterocycles. The average molecular weight is 1080 g/mol. The molecule has 0 spiro atoms. The van der Waals surface area contributed by atoms with E-state index < -0.39 is 6.10 Å². The van der Waals surface area contributed by atoms with Crippen LogP contribution in [0.4, 0.5) is 0 Å². The number of unbranched alkanes of at least 4 members (excludes halogenated alkanes) is 44. The number of allylic oxidation sites excluding steroid dienone is 8. The minimum atomic E-state index is -0.774. The summed E-state index contributed by atoms with van der Waals surface area (Å²) in [5.74, 6) is -0.852. The summed E-state index contributed by atoms with van der Waals surface area (Å²) >= 11 is 0. The van der Waals surface area contributed by atoms with Crippen molar-refractivity contribution in [3.8, 4) is 0 Å². The summed E-state index contributed by atoms with van der Waals surface area (Å²) in [6.45, 7) is 6.67. The van der Waals surface area contributed by atoms with Gasteiger partial charge < -0.3 is 14.2 Å². The lowest BCUT2D eigenvalue weighted by atomic mass is 10.0. The molecule has 1 atom stereocenters. The number of carbonyl (C=O) groups is 3. The van der Waals surface area contributed by atoms with Crippen LogP contribution in [0.15, 0.2) is 48.6 Å². The van der Waals surface area contributed by atoms with Crippen molar-refractivity contribution < 1.29 is 28.6 Å². The summed E-state index contributed by atoms with van der Waals surface area (Å²) in [4.78, 5) is 38.4. The smallest absolute Gasteiger partial charge is 0.306 e. The van der Waals surface area contributed by atoms with Gasteiger partial charge in [-0.1, -0.05) is 313 Å². The summed E-state index contributed by atoms with van der Waals surface area (Å²) in [5.41, 5.74) is 0. The molecule has 0 rings (SSSR count). The molecule has 0 saturated carbocycles. The Bertz CT molecular complexity index is 1330. The van der Waals surface area contributed by atoms with Crippen molar-refractivity contribution in [2.24, 2.45) is 0 Å². The number of carbonyl (C=O) groups excluding carboxylic acids is 3. The highest BCUT2D eigenvalue weighted by atomic mass is 16.6. The molecule has 0 N–H and O–H groups in total. The Labute approximate surface area is 479 Å². The molecule has 450 valence electrons. The molecule has 6 nitrogen and oxygen atoms in total. The lowest BCUT2D eigenvalue weighted by molar-refractivity contribution is -0.167. The van der Waals surface area contributed by atoms with Crippen molar-refractivity contribution in [1.29, 1.82) is 0 Å². The monoisotopic (exact) mass is 1080 g/mol. The molecule has 0 radical (unpaired) electrons. The van der Waals surface area contributed by atoms with Gasteiger partial charge in [-0.25, -0.2) is 0 Å². The molecule has 0 aromatic heterocycles. The number of ether oxygens (including phenoxy) is 3. The first kappa shape index (κ1) is 74.4. The maximum absolute atomic E-state index is 12.9. The van der Waals surface area contributed by atoms with E-state index in [0.29, 0.717) is 19.3 Å². The molecule has 0 aliphatic carbocycles. The Morgan fingerprint density at radius 1 is 0.260 bits per heavy atom. The van der Waals surface area contributed by atoms with Crippen LogP contribution in [0.3, 0.4) is 0 Å². The van der Waals surface area contributed by atoms with Crippen molar-refractivity contribution in [3.63, 3.8) is 0 Å². The minimum Gasteiger partial charge on any atom is -0.462 e. The molecule has 0 fully saturated rings. The number of hydrogen-bond donors (Lipinski definition) is 0. The van der Waals surface area contributed by atoms with Gasteiger partial charge in [0.1, 0.15) is 13.2 Å². The summed E-state index contributed by atoms with van der Waals surface area (Å²) in [6, 6.07) is 0. The molecular formula is C71H130O6. The first-order valence-corrected chi connectivity index (χ1v) is 34.1. The number of esters is 3. The van der Waals surface area contributed by atoms with Crippen LogP contribution in [0.5, 0.6) is 0 Å². The number of hydrogen-bond acceptors (Lipinski definition) is 6. The average Bonchev–Trinajstić information content (AvgIpc) is 3.43. The fourth-order valence-electron chi connectivity index (χ4n) is 10.2. The quantitative estimate of drug-likeness (QED) is 0.0261. The van der Waals surface area contributed by atoms with Crippen molar-refractivity contribution in [2.45, 2.75) is 374 Å². The van der Waals surface area contributed by atoms with Gasteiger partial charge in [-0.05, 0) is 83.5 Å². The highest BCUT2D eigenvalue weighted by Crippen LogP contribution is 2.17. The van der Waals surface area contributed by atoms with Crippen LogP contribution in [-0.2, 0) is 28.6 Å². The van der Waals surface area contributed by atoms with Crippen LogP contribution in [0.1, 0.15) is 367 Å². The van der Waals surface area contributed by atoms with Gasteiger partial charge in [-0.15, -0.1) is 0 Å². The van der Waals surface area contributed by atoms with Gasteiger partial charge in [0, 0.05) is 19.3 Å². The van der Waals surface area contributed by atoms with Gasteiger partial charge in [0.05, 0.1) is 0 Å². The minimum absolute atomic E-state index is 0.0706. The van der Waals surface area contributed by atoms with E-state index in [1.165, 1.54) is 257 Å². The first-order chi connectivity index (χ1) is 38.0. The summed E-state index contributed by atoms with van der Waals surface area (Å²) in [5, 5.41) is 0. The molecular weight excluding hydrogens is 949 g/mol. The van der Waals surface area contributed by atoms with Crippen LogP contribution >= 0.6 is 0 Å². The zero-order valence-corrected chi connectivity index (χ0v) is 51.7. The van der Waals surface area contributed by atoms with E-state index in [1.54, 1.807) is 0 Å². The van der Waals surface area contributed by atoms with E-state index in [4.69, 9.17) is 14.2 Å². The summed E-state index contributed by atoms with van der Waals surface area (Å²) < 4.78 is 17.0. The van der Waals surface area contributed by atoms with Crippen molar-refractivity contribution in [3.05, 3.63) is 48.6 Å². The van der Waals surface area contributed by atoms with Crippen molar-refractivity contribution >= 4 is 17.9 Å². The SMILES string of the molecule is CCCCCCC/C=C\C/C=C\CCCCCCCCCCCCCCCC(=O)OCC(COC(=O)CCCCCCCCCCCCCCC)OC(=O)CCCCCCCCCCC/C=C\C/C=C\CCCCCCC. The molecule has 0 saturated heterocycles. The molecule has 0 bridgehead atoms. The maximum atomic E-state index is 12.9. The highest BCUT2D eigenvalue weighted by Gasteiger charge is 2.19. The molecule has 6 heteroatoms. The van der Waals surface area contributed by atoms with E-state index in [1.807, 2.05) is 0 Å². The summed E-state index contributed by atoms with van der Waals surface area (Å²) in [6.07, 6.45) is 82.7. The first-order valence-electron chi connectivity index (χ1n) is 34.1. The molecule has 0 aromatic carbocycles. The predicted octanol–water partition coefficient (Wildman–Crippen LogP) is 23.3. The van der Waals surface area contributed by atoms with E-state index in [2.05, 4.69) is 69.4 Å². The Kier molecular flexibility index (Phi) is 63.6. The molecule has 0 aliphatic rings. The Morgan fingerprint density at radius 3 is 0.714 bits per heavy atom. The van der Waals surface area contributed by atoms with Crippen LogP contribution in [0, 0.1) is 0 Å². The maximum Gasteiger partial charge on any atom is 0.306 e. The molecule has 0 aliphatic heterocycles. The molecule has 1 unspecified atom stereocenters. The van der Waals surface area contributed by atoms with Gasteiger partial charge in [-0.3, -0.25) is 14.4 Å². The lowest BCUT2D eigenvalue weighted by Gasteiger charge is -2.18. The third-order valence-corrected chi connectivity index (χ3v) is 15.3. The van der Waals surface area contributed by atoms with Gasteiger partial charge in [0.15, 0.2) is 6.10 Å². The van der Waals surface area contributed by atoms with E-state index >= 15 is 0 Å². The highest BCUT2D eigenvalue weighted by molar-refractivity contribution is 5.71. The standard InChI is InChI=1S/C71H130O6/c1-4-7-10-13-16-19-22-25-27-29-31-33-34-35-36-38-39-41-43-46-49-52-55-58-61-64-70(73)76-67-68(66-75-69(72)63-60-57-54-51-48-45-24-21-18-15-12-9-6-3)77-71(74)65-62-59-56-53-50-47-44-42-40-37-32-30-28-26-23-20-17-14-11-8-5-2/h22-23,25-26,29-32,68H,4-21,24,27-28,33-67H2,1-3H3/b25-22-,26-23-,31-29-,32-30-. The molecule has 0 aromatic rings. The Hall–Kier alpha value is -2.63. The van der Waals surface area contributed by atoms with Gasteiger partial charge in [0.25, 0.3) is 0 Å². The summed E-state index contributed by atoms with van der Waals surface area (Å²) in [7, 11) is 0. The Morgan fingerprint density at radius 2 is 0.468 bits per heavy atom. The van der Waals surface area contributed by atoms with Crippen LogP contribution in [0.25, 0.3) is 0 Å². The fraction of sp³-hybridized carbons (Fsp3) is 0.845. The van der Waals surface area contributed by atoms with Gasteiger partial charge in [0.2, 0.25) is 0 Å². The van der Waals surface area contributed by atoms with Crippen LogP contribution in [-0.4, -0.2) is 37.2 Å². The molecule has 0 amide bonds. The Balaban J connectivity index is 4.27. The van der Waals surface area contributed by atoms with E-state index in [9.17, 15) is 14.4 Å². The van der Waals surface area contributed by atoms with Crippen molar-refractivity contribution in [2.75, 3.05) is 13.2 Å². The third-order valence-electron chi connectivity index (χ3n) is 15.3. The van der Waals surface area contributed by atoms with Crippen molar-refractivity contribution in [1.82, 2.24) is 0 Å². The second kappa shape index (κ2) is 65.9. The van der Waals surface area contributed by atoms with Crippen LogP contribution in [0.2, 0.25) is 0 Å². The zero-order chi connectivity index (χ0) is 55.7. The topological polar surface area (TPSA) is 78.9 Å². The number of rotatable bonds is 63. The normalized spacial score (nSPS) is 12.3. The van der Waals surface area contributed by atoms with Gasteiger partial charge in [-0.2, -0.15) is 0 Å². The molecule has 77 heavy (non-hydrogen) atoms. The van der Waals surface area contributed by atoms with E-state index in [-0.39, 0.29) is 31.1 Å². The third kappa shape index (κ3) is 64.1. The van der Waals surface area contributed by atoms with Gasteiger partial charge >= 0.3 is 17.9 Å². The second-order valence-corrected chi connectivity index (χ2v) is 23.1. The largest absolute Gasteiger partial charge is 0.462 e. The fourth-order valence-corrected chi connectivity index (χ4v) is 10.2. The van der Waals surface area contributed by atoms with Crippen LogP contribution < -0.4 is 0 Å². The zero-order valence-electron chi connectivity index (χ0n) is 51.7. The lowest BCUT2D eigenvalue weighted by Crippen LogP contribution is -2.30. The predicted molar refractivity (Wildman–Crippen MR) is 335 cm³/mol.